The lowest BCUT2D eigenvalue weighted by atomic mass is 9.90. The van der Waals surface area contributed by atoms with Gasteiger partial charge in [-0.3, -0.25) is 4.79 Å². The third-order valence-electron chi connectivity index (χ3n) is 4.85. The van der Waals surface area contributed by atoms with Crippen molar-refractivity contribution in [1.82, 2.24) is 5.32 Å². The minimum atomic E-state index is -0.763. The van der Waals surface area contributed by atoms with E-state index < -0.39 is 5.54 Å². The molecule has 120 valence electrons. The zero-order valence-corrected chi connectivity index (χ0v) is 13.2. The molecular weight excluding hydrogens is 278 g/mol. The van der Waals surface area contributed by atoms with Crippen LogP contribution in [0.3, 0.4) is 0 Å². The second-order valence-electron chi connectivity index (χ2n) is 6.40. The van der Waals surface area contributed by atoms with Gasteiger partial charge in [0.1, 0.15) is 0 Å². The van der Waals surface area contributed by atoms with Crippen LogP contribution in [-0.4, -0.2) is 43.8 Å². The Morgan fingerprint density at radius 1 is 1.41 bits per heavy atom. The number of carbonyl (C=O) groups is 1. The zero-order chi connectivity index (χ0) is 15.6. The average Bonchev–Trinajstić information content (AvgIpc) is 2.97. The van der Waals surface area contributed by atoms with Crippen LogP contribution in [0, 0.1) is 0 Å². The quantitative estimate of drug-likeness (QED) is 0.873. The summed E-state index contributed by atoms with van der Waals surface area (Å²) in [6, 6.07) is 8.74. The van der Waals surface area contributed by atoms with Crippen molar-refractivity contribution in [2.45, 2.75) is 37.8 Å². The highest BCUT2D eigenvalue weighted by Crippen LogP contribution is 2.29. The standard InChI is InChI=1S/C17H25N3O2/c1-13(20-9-6-14-4-2-3-5-15(14)20)12-19-16(21)17(18)7-10-22-11-8-17/h2-5,13H,6-12,18H2,1H3,(H,19,21). The van der Waals surface area contributed by atoms with Gasteiger partial charge in [-0.05, 0) is 37.8 Å². The number of ether oxygens (including phenoxy) is 1. The van der Waals surface area contributed by atoms with E-state index in [1.165, 1.54) is 11.3 Å². The summed E-state index contributed by atoms with van der Waals surface area (Å²) in [7, 11) is 0. The summed E-state index contributed by atoms with van der Waals surface area (Å²) in [5.74, 6) is -0.0462. The van der Waals surface area contributed by atoms with E-state index in [0.29, 0.717) is 32.6 Å². The Labute approximate surface area is 131 Å². The molecule has 1 saturated heterocycles. The summed E-state index contributed by atoms with van der Waals surface area (Å²) in [6.45, 7) is 4.92. The third kappa shape index (κ3) is 2.96. The molecule has 0 aromatic heterocycles. The average molecular weight is 303 g/mol. The van der Waals surface area contributed by atoms with Crippen LogP contribution < -0.4 is 16.0 Å². The number of carbonyl (C=O) groups excluding carboxylic acids is 1. The van der Waals surface area contributed by atoms with Crippen LogP contribution in [0.15, 0.2) is 24.3 Å². The molecule has 1 amide bonds. The van der Waals surface area contributed by atoms with E-state index >= 15 is 0 Å². The highest BCUT2D eigenvalue weighted by molar-refractivity contribution is 5.86. The Kier molecular flexibility index (Phi) is 4.36. The number of amides is 1. The smallest absolute Gasteiger partial charge is 0.240 e. The molecule has 22 heavy (non-hydrogen) atoms. The predicted molar refractivity (Wildman–Crippen MR) is 86.9 cm³/mol. The summed E-state index contributed by atoms with van der Waals surface area (Å²) < 4.78 is 5.29. The first kappa shape index (κ1) is 15.3. The molecule has 1 atom stereocenters. The van der Waals surface area contributed by atoms with E-state index in [2.05, 4.69) is 41.4 Å². The number of hydrogen-bond donors (Lipinski definition) is 2. The number of anilines is 1. The number of nitrogens with zero attached hydrogens (tertiary/aromatic N) is 1. The number of para-hydroxylation sites is 1. The van der Waals surface area contributed by atoms with Crippen LogP contribution in [0.2, 0.25) is 0 Å². The molecule has 0 saturated carbocycles. The topological polar surface area (TPSA) is 67.6 Å². The molecule has 5 nitrogen and oxygen atoms in total. The van der Waals surface area contributed by atoms with Gasteiger partial charge in [0, 0.05) is 38.0 Å². The maximum atomic E-state index is 12.4. The monoisotopic (exact) mass is 303 g/mol. The van der Waals surface area contributed by atoms with Crippen molar-refractivity contribution in [2.75, 3.05) is 31.2 Å². The fourth-order valence-corrected chi connectivity index (χ4v) is 3.31. The van der Waals surface area contributed by atoms with Crippen LogP contribution in [0.25, 0.3) is 0 Å². The number of rotatable bonds is 4. The second kappa shape index (κ2) is 6.26. The van der Waals surface area contributed by atoms with Crippen molar-refractivity contribution in [3.63, 3.8) is 0 Å². The molecule has 0 aliphatic carbocycles. The molecule has 3 N–H and O–H groups in total. The molecule has 0 bridgehead atoms. The van der Waals surface area contributed by atoms with Gasteiger partial charge in [-0.25, -0.2) is 0 Å². The maximum absolute atomic E-state index is 12.4. The normalized spacial score (nSPS) is 21.3. The number of nitrogens with one attached hydrogen (secondary N) is 1. The molecule has 3 rings (SSSR count). The van der Waals surface area contributed by atoms with Crippen LogP contribution in [-0.2, 0) is 16.0 Å². The lowest BCUT2D eigenvalue weighted by Crippen LogP contribution is -2.58. The fraction of sp³-hybridized carbons (Fsp3) is 0.588. The maximum Gasteiger partial charge on any atom is 0.240 e. The van der Waals surface area contributed by atoms with Crippen LogP contribution in [0.4, 0.5) is 5.69 Å². The van der Waals surface area contributed by atoms with E-state index in [4.69, 9.17) is 10.5 Å². The van der Waals surface area contributed by atoms with E-state index in [-0.39, 0.29) is 11.9 Å². The Balaban J connectivity index is 1.57. The molecule has 2 aliphatic heterocycles. The van der Waals surface area contributed by atoms with Gasteiger partial charge < -0.3 is 20.7 Å². The SMILES string of the molecule is CC(CNC(=O)C1(N)CCOCC1)N1CCc2ccccc21. The van der Waals surface area contributed by atoms with Crippen molar-refractivity contribution in [1.29, 1.82) is 0 Å². The van der Waals surface area contributed by atoms with Gasteiger partial charge in [0.05, 0.1) is 5.54 Å². The Bertz CT molecular complexity index is 540. The Morgan fingerprint density at radius 3 is 2.91 bits per heavy atom. The Morgan fingerprint density at radius 2 is 2.14 bits per heavy atom. The van der Waals surface area contributed by atoms with Crippen LogP contribution in [0.5, 0.6) is 0 Å². The van der Waals surface area contributed by atoms with Crippen LogP contribution >= 0.6 is 0 Å². The van der Waals surface area contributed by atoms with Gasteiger partial charge in [0.15, 0.2) is 0 Å². The zero-order valence-electron chi connectivity index (χ0n) is 13.2. The van der Waals surface area contributed by atoms with Crippen molar-refractivity contribution < 1.29 is 9.53 Å². The molecule has 1 aromatic rings. The lowest BCUT2D eigenvalue weighted by Gasteiger charge is -2.33. The number of nitrogens with two attached hydrogens (primary N) is 1. The van der Waals surface area contributed by atoms with Gasteiger partial charge in [0.2, 0.25) is 5.91 Å². The molecule has 1 unspecified atom stereocenters. The van der Waals surface area contributed by atoms with Crippen molar-refractivity contribution >= 4 is 11.6 Å². The van der Waals surface area contributed by atoms with E-state index in [1.807, 2.05) is 0 Å². The van der Waals surface area contributed by atoms with Crippen molar-refractivity contribution in [3.05, 3.63) is 29.8 Å². The molecule has 1 fully saturated rings. The third-order valence-corrected chi connectivity index (χ3v) is 4.85. The first-order valence-electron chi connectivity index (χ1n) is 8.10. The molecule has 0 radical (unpaired) electrons. The van der Waals surface area contributed by atoms with E-state index in [1.54, 1.807) is 0 Å². The van der Waals surface area contributed by atoms with Crippen molar-refractivity contribution in [3.8, 4) is 0 Å². The molecular formula is C17H25N3O2. The summed E-state index contributed by atoms with van der Waals surface area (Å²) in [5.41, 5.74) is 8.13. The minimum Gasteiger partial charge on any atom is -0.381 e. The molecule has 2 heterocycles. The summed E-state index contributed by atoms with van der Waals surface area (Å²) >= 11 is 0. The van der Waals surface area contributed by atoms with E-state index in [0.717, 1.165) is 13.0 Å². The number of fused-ring (bicyclic) bond motifs is 1. The first-order valence-corrected chi connectivity index (χ1v) is 8.10. The summed E-state index contributed by atoms with van der Waals surface area (Å²) in [6.07, 6.45) is 2.27. The largest absolute Gasteiger partial charge is 0.381 e. The number of benzene rings is 1. The van der Waals surface area contributed by atoms with Gasteiger partial charge >= 0.3 is 0 Å². The second-order valence-corrected chi connectivity index (χ2v) is 6.40. The predicted octanol–water partition coefficient (Wildman–Crippen LogP) is 1.06. The van der Waals surface area contributed by atoms with Gasteiger partial charge in [-0.2, -0.15) is 0 Å². The highest BCUT2D eigenvalue weighted by Gasteiger charge is 2.36. The number of hydrogen-bond acceptors (Lipinski definition) is 4. The Hall–Kier alpha value is -1.59. The van der Waals surface area contributed by atoms with Crippen LogP contribution in [0.1, 0.15) is 25.3 Å². The molecule has 5 heteroatoms. The fourth-order valence-electron chi connectivity index (χ4n) is 3.31. The minimum absolute atomic E-state index is 0.0462. The van der Waals surface area contributed by atoms with Gasteiger partial charge in [0.25, 0.3) is 0 Å². The van der Waals surface area contributed by atoms with Gasteiger partial charge in [-0.15, -0.1) is 0 Å². The van der Waals surface area contributed by atoms with Gasteiger partial charge in [-0.1, -0.05) is 18.2 Å². The van der Waals surface area contributed by atoms with Crippen molar-refractivity contribution in [2.24, 2.45) is 5.73 Å². The lowest BCUT2D eigenvalue weighted by molar-refractivity contribution is -0.129. The summed E-state index contributed by atoms with van der Waals surface area (Å²) in [4.78, 5) is 14.7. The molecule has 1 aromatic carbocycles. The molecule has 0 spiro atoms. The first-order chi connectivity index (χ1) is 10.6. The summed E-state index contributed by atoms with van der Waals surface area (Å²) in [5, 5.41) is 3.04. The van der Waals surface area contributed by atoms with E-state index in [9.17, 15) is 4.79 Å². The highest BCUT2D eigenvalue weighted by atomic mass is 16.5. The molecule has 2 aliphatic rings.